The standard InChI is InChI=1S/C84H66N4O2.Pt/c1-82(2,3)56-40-41-85-78(48-56)88-73-34-17-15-28-66(73)67-38-37-61(50-74(67)88)89-60-25-19-24-59(49-60)86-51-87-80-63(53-36-39-77-71(44-53)68-29-16-18-35-76(68)90-77)31-21-33-70(80)79-62(52-22-11-10-12-23-52)30-20-32-69(79)64-26-13-14-27-65(64)72-45-55(46-75(86)81(72)87)54-42-57(83(4,5)6)47-58(43-54)84(7,8)9;/h10-48H,1-9H3;/q-2;/i10D,11D,12D,22D,23D;. The number of imidazole rings is 1. The molecule has 0 atom stereocenters. The molecule has 0 saturated carbocycles. The van der Waals surface area contributed by atoms with Crippen LogP contribution in [0.5, 0.6) is 11.5 Å². The first-order valence-electron chi connectivity index (χ1n) is 33.3. The number of furan rings is 1. The third kappa shape index (κ3) is 9.82. The van der Waals surface area contributed by atoms with Gasteiger partial charge in [-0.05, 0) is 153 Å². The van der Waals surface area contributed by atoms with Gasteiger partial charge in [-0.25, -0.2) is 4.98 Å². The quantitative estimate of drug-likeness (QED) is 0.118. The van der Waals surface area contributed by atoms with Crippen LogP contribution in [0.3, 0.4) is 0 Å². The number of pyridine rings is 1. The number of hydrogen-bond acceptors (Lipinski definition) is 3. The molecule has 91 heavy (non-hydrogen) atoms. The number of benzene rings is 11. The van der Waals surface area contributed by atoms with Gasteiger partial charge in [0.1, 0.15) is 17.0 Å². The predicted octanol–water partition coefficient (Wildman–Crippen LogP) is 21.7. The zero-order valence-electron chi connectivity index (χ0n) is 57.1. The van der Waals surface area contributed by atoms with Crippen LogP contribution >= 0.6 is 0 Å². The smallest absolute Gasteiger partial charge is 0.268 e. The fourth-order valence-electron chi connectivity index (χ4n) is 13.3. The summed E-state index contributed by atoms with van der Waals surface area (Å²) in [7, 11) is 0. The third-order valence-corrected chi connectivity index (χ3v) is 17.9. The Kier molecular flexibility index (Phi) is 12.4. The molecule has 0 radical (unpaired) electrons. The SMILES string of the molecule is [2H]c1c([2H])c([2H])c(-c2cccc3c2-c2cccc(-c4ccc5oc6ccccc6c5c4)c2-[n+]2[c-]n(-c4[c-]c(Oc5[c-]c6c(cc5)c5ccccc5n6-c5cc(C(C)(C)C)ccn5)ccc4)c4cc(-c5cc(C(C)(C)C)cc(C(C)(C)C)c5)cc(c42)-c2ccccc2-3)c([2H])c1[2H].[Pt]. The summed E-state index contributed by atoms with van der Waals surface area (Å²) in [5.74, 6) is 1.76. The van der Waals surface area contributed by atoms with Crippen LogP contribution in [0.25, 0.3) is 139 Å². The van der Waals surface area contributed by atoms with Crippen molar-refractivity contribution in [3.05, 3.63) is 272 Å². The average Bonchev–Trinajstić information content (AvgIpc) is 1.54. The van der Waals surface area contributed by atoms with Crippen molar-refractivity contribution < 1.29 is 41.6 Å². The van der Waals surface area contributed by atoms with Gasteiger partial charge in [-0.2, -0.15) is 18.2 Å². The van der Waals surface area contributed by atoms with E-state index in [1.165, 1.54) is 16.7 Å². The monoisotopic (exact) mass is 1360 g/mol. The second kappa shape index (κ2) is 21.7. The molecule has 1 aliphatic rings. The van der Waals surface area contributed by atoms with Crippen LogP contribution in [-0.4, -0.2) is 14.1 Å². The zero-order chi connectivity index (χ0) is 65.7. The van der Waals surface area contributed by atoms with E-state index in [-0.39, 0.29) is 55.0 Å². The van der Waals surface area contributed by atoms with Gasteiger partial charge >= 0.3 is 0 Å². The van der Waals surface area contributed by atoms with Gasteiger partial charge in [-0.1, -0.05) is 225 Å². The molecule has 446 valence electrons. The van der Waals surface area contributed by atoms with E-state index in [9.17, 15) is 2.74 Å². The first-order chi connectivity index (χ1) is 45.6. The Morgan fingerprint density at radius 3 is 1.87 bits per heavy atom. The molecule has 0 unspecified atom stereocenters. The van der Waals surface area contributed by atoms with Crippen molar-refractivity contribution in [2.75, 3.05) is 0 Å². The van der Waals surface area contributed by atoms with Crippen LogP contribution in [0.2, 0.25) is 0 Å². The number of ether oxygens (including phenoxy) is 1. The third-order valence-electron chi connectivity index (χ3n) is 17.9. The van der Waals surface area contributed by atoms with Gasteiger partial charge in [0.05, 0.1) is 23.6 Å². The van der Waals surface area contributed by atoms with Crippen molar-refractivity contribution >= 4 is 54.8 Å². The fraction of sp³-hybridized carbons (Fsp3) is 0.143. The van der Waals surface area contributed by atoms with Gasteiger partial charge in [0.2, 0.25) is 0 Å². The largest absolute Gasteiger partial charge is 0.510 e. The molecule has 6 nitrogen and oxygen atoms in total. The van der Waals surface area contributed by atoms with Gasteiger partial charge in [-0.3, -0.25) is 4.57 Å². The maximum Gasteiger partial charge on any atom is 0.268 e. The molecule has 0 aliphatic carbocycles. The molecule has 0 saturated heterocycles. The molecule has 4 aromatic heterocycles. The number of fused-ring (bicyclic) bond motifs is 13. The van der Waals surface area contributed by atoms with Gasteiger partial charge in [-0.15, -0.1) is 29.7 Å². The summed E-state index contributed by atoms with van der Waals surface area (Å²) in [6, 6.07) is 74.8. The van der Waals surface area contributed by atoms with E-state index in [1.807, 2.05) is 79.0 Å². The van der Waals surface area contributed by atoms with E-state index >= 15 is 0 Å². The molecule has 0 fully saturated rings. The van der Waals surface area contributed by atoms with Gasteiger partial charge < -0.3 is 18.3 Å². The molecule has 1 aliphatic heterocycles. The molecule has 11 aromatic carbocycles. The average molecular weight is 1360 g/mol. The molecular weight excluding hydrogens is 1290 g/mol. The van der Waals surface area contributed by atoms with E-state index in [0.717, 1.165) is 116 Å². The molecular formula is C84H66N4O2Pt-2. The summed E-state index contributed by atoms with van der Waals surface area (Å²) >= 11 is 0. The number of rotatable bonds is 7. The van der Waals surface area contributed by atoms with Crippen molar-refractivity contribution in [3.63, 3.8) is 0 Å². The molecule has 7 heteroatoms. The molecule has 5 heterocycles. The minimum absolute atomic E-state index is 0. The fourth-order valence-corrected chi connectivity index (χ4v) is 13.3. The molecule has 0 spiro atoms. The molecule has 0 bridgehead atoms. The topological polar surface area (TPSA) is 49.0 Å². The van der Waals surface area contributed by atoms with Gasteiger partial charge in [0.25, 0.3) is 6.33 Å². The number of hydrogen-bond donors (Lipinski definition) is 0. The Labute approximate surface area is 553 Å². The summed E-state index contributed by atoms with van der Waals surface area (Å²) < 4.78 is 65.8. The van der Waals surface area contributed by atoms with E-state index in [1.54, 1.807) is 0 Å². The van der Waals surface area contributed by atoms with Crippen molar-refractivity contribution in [1.82, 2.24) is 14.1 Å². The van der Waals surface area contributed by atoms with Gasteiger partial charge in [0.15, 0.2) is 0 Å². The summed E-state index contributed by atoms with van der Waals surface area (Å²) in [5.41, 5.74) is 19.0. The maximum atomic E-state index is 9.58. The van der Waals surface area contributed by atoms with Gasteiger partial charge in [0, 0.05) is 55.1 Å². The first-order valence-corrected chi connectivity index (χ1v) is 30.8. The molecule has 16 rings (SSSR count). The van der Waals surface area contributed by atoms with E-state index < -0.39 is 18.1 Å². The Balaban J connectivity index is 0.00000756. The normalized spacial score (nSPS) is 13.1. The van der Waals surface area contributed by atoms with E-state index in [0.29, 0.717) is 28.3 Å². The summed E-state index contributed by atoms with van der Waals surface area (Å²) in [6.45, 7) is 20.2. The Morgan fingerprint density at radius 1 is 0.462 bits per heavy atom. The maximum absolute atomic E-state index is 9.58. The number of para-hydroxylation sites is 3. The van der Waals surface area contributed by atoms with E-state index in [2.05, 4.69) is 222 Å². The second-order valence-electron chi connectivity index (χ2n) is 26.8. The Hall–Kier alpha value is -9.87. The van der Waals surface area contributed by atoms with Crippen LogP contribution < -0.4 is 9.30 Å². The van der Waals surface area contributed by atoms with Crippen molar-refractivity contribution in [3.8, 4) is 95.5 Å². The molecule has 0 amide bonds. The Morgan fingerprint density at radius 2 is 1.10 bits per heavy atom. The molecule has 15 aromatic rings. The number of nitrogens with zero attached hydrogens (tertiary/aromatic N) is 4. The molecule has 0 N–H and O–H groups in total. The van der Waals surface area contributed by atoms with Crippen LogP contribution in [0.1, 0.15) is 85.9 Å². The van der Waals surface area contributed by atoms with Crippen LogP contribution in [0, 0.1) is 18.5 Å². The number of aromatic nitrogens is 4. The summed E-state index contributed by atoms with van der Waals surface area (Å²) in [6.07, 6.45) is 5.90. The minimum Gasteiger partial charge on any atom is -0.510 e. The zero-order valence-corrected chi connectivity index (χ0v) is 54.3. The predicted molar refractivity (Wildman–Crippen MR) is 370 cm³/mol. The van der Waals surface area contributed by atoms with Crippen molar-refractivity contribution in [2.24, 2.45) is 0 Å². The Bertz CT molecular complexity index is 5680. The second-order valence-corrected chi connectivity index (χ2v) is 26.8. The first kappa shape index (κ1) is 52.0. The summed E-state index contributed by atoms with van der Waals surface area (Å²) in [4.78, 5) is 4.94. The van der Waals surface area contributed by atoms with Crippen molar-refractivity contribution in [2.45, 2.75) is 78.6 Å². The van der Waals surface area contributed by atoms with Crippen LogP contribution in [0.4, 0.5) is 0 Å². The minimum atomic E-state index is -0.456. The van der Waals surface area contributed by atoms with Crippen LogP contribution in [0.15, 0.2) is 241 Å². The van der Waals surface area contributed by atoms with Crippen LogP contribution in [-0.2, 0) is 37.3 Å². The summed E-state index contributed by atoms with van der Waals surface area (Å²) in [5, 5.41) is 4.05. The van der Waals surface area contributed by atoms with E-state index in [4.69, 9.17) is 18.3 Å². The van der Waals surface area contributed by atoms with Crippen molar-refractivity contribution in [1.29, 1.82) is 0 Å².